The zero-order valence-corrected chi connectivity index (χ0v) is 27.4. The first-order valence-corrected chi connectivity index (χ1v) is 19.3. The Morgan fingerprint density at radius 3 is 1.73 bits per heavy atom. The SMILES string of the molecule is C=CN1C2CCCCC2C2CC(c3nnc(C4CCC(c5nnc(C6CCCC7CCCCC76)o5)C5CCCCC45)o3)CCC21. The van der Waals surface area contributed by atoms with E-state index in [1.807, 2.05) is 0 Å². The van der Waals surface area contributed by atoms with Gasteiger partial charge in [0.25, 0.3) is 0 Å². The van der Waals surface area contributed by atoms with Crippen LogP contribution in [0.15, 0.2) is 21.6 Å². The van der Waals surface area contributed by atoms with Gasteiger partial charge in [0.05, 0.1) is 0 Å². The second kappa shape index (κ2) is 12.1. The molecule has 7 aliphatic rings. The normalized spacial score (nSPS) is 43.2. The van der Waals surface area contributed by atoms with E-state index >= 15 is 0 Å². The van der Waals surface area contributed by atoms with E-state index in [1.54, 1.807) is 0 Å². The number of aromatic nitrogens is 4. The average molecular weight is 614 g/mol. The Hall–Kier alpha value is -2.18. The van der Waals surface area contributed by atoms with Gasteiger partial charge >= 0.3 is 0 Å². The molecule has 6 aliphatic carbocycles. The molecule has 45 heavy (non-hydrogen) atoms. The summed E-state index contributed by atoms with van der Waals surface area (Å²) >= 11 is 0. The summed E-state index contributed by atoms with van der Waals surface area (Å²) in [4.78, 5) is 2.65. The second-order valence-electron chi connectivity index (χ2n) is 16.5. The molecular weight excluding hydrogens is 558 g/mol. The van der Waals surface area contributed by atoms with Crippen LogP contribution in [0.4, 0.5) is 0 Å². The summed E-state index contributed by atoms with van der Waals surface area (Å²) in [6, 6.07) is 1.38. The van der Waals surface area contributed by atoms with Crippen molar-refractivity contribution in [3.05, 3.63) is 36.3 Å². The molecule has 7 fully saturated rings. The van der Waals surface area contributed by atoms with Gasteiger partial charge in [-0.1, -0.05) is 64.4 Å². The molecule has 9 rings (SSSR count). The third-order valence-electron chi connectivity index (χ3n) is 14.7. The van der Waals surface area contributed by atoms with Crippen LogP contribution in [0.3, 0.4) is 0 Å². The first-order chi connectivity index (χ1) is 22.3. The molecule has 6 saturated carbocycles. The van der Waals surface area contributed by atoms with E-state index in [-0.39, 0.29) is 0 Å². The Morgan fingerprint density at radius 2 is 1.02 bits per heavy atom. The van der Waals surface area contributed by atoms with Crippen molar-refractivity contribution in [1.82, 2.24) is 25.3 Å². The van der Waals surface area contributed by atoms with Gasteiger partial charge in [0.2, 0.25) is 23.6 Å². The first-order valence-electron chi connectivity index (χ1n) is 19.3. The van der Waals surface area contributed by atoms with Crippen LogP contribution in [0.5, 0.6) is 0 Å². The summed E-state index contributed by atoms with van der Waals surface area (Å²) in [6.45, 7) is 4.22. The Kier molecular flexibility index (Phi) is 7.81. The van der Waals surface area contributed by atoms with Crippen LogP contribution in [0, 0.1) is 35.5 Å². The number of likely N-dealkylation sites (tertiary alicyclic amines) is 1. The van der Waals surface area contributed by atoms with Crippen LogP contribution >= 0.6 is 0 Å². The molecule has 244 valence electrons. The van der Waals surface area contributed by atoms with E-state index in [0.717, 1.165) is 66.5 Å². The maximum absolute atomic E-state index is 6.72. The Morgan fingerprint density at radius 1 is 0.489 bits per heavy atom. The van der Waals surface area contributed by atoms with Gasteiger partial charge in [-0.15, -0.1) is 20.4 Å². The highest BCUT2D eigenvalue weighted by molar-refractivity contribution is 5.12. The lowest BCUT2D eigenvalue weighted by Gasteiger charge is -2.43. The van der Waals surface area contributed by atoms with Gasteiger partial charge in [0.1, 0.15) is 0 Å². The fourth-order valence-corrected chi connectivity index (χ4v) is 12.7. The molecular formula is C38H55N5O2. The highest BCUT2D eigenvalue weighted by atomic mass is 16.4. The number of hydrogen-bond donors (Lipinski definition) is 0. The lowest BCUT2D eigenvalue weighted by Crippen LogP contribution is -2.36. The maximum atomic E-state index is 6.72. The molecule has 0 aromatic carbocycles. The van der Waals surface area contributed by atoms with Crippen molar-refractivity contribution in [2.75, 3.05) is 0 Å². The van der Waals surface area contributed by atoms with Crippen LogP contribution in [0.2, 0.25) is 0 Å². The van der Waals surface area contributed by atoms with Gasteiger partial charge in [-0.25, -0.2) is 0 Å². The Balaban J connectivity index is 0.902. The molecule has 0 N–H and O–H groups in total. The summed E-state index contributed by atoms with van der Waals surface area (Å²) in [5.74, 6) is 9.78. The van der Waals surface area contributed by atoms with Crippen molar-refractivity contribution in [3.63, 3.8) is 0 Å². The molecule has 12 atom stereocenters. The molecule has 1 aliphatic heterocycles. The Labute approximate surface area is 269 Å². The molecule has 7 nitrogen and oxygen atoms in total. The summed E-state index contributed by atoms with van der Waals surface area (Å²) in [7, 11) is 0. The van der Waals surface area contributed by atoms with E-state index in [4.69, 9.17) is 29.2 Å². The van der Waals surface area contributed by atoms with E-state index in [2.05, 4.69) is 17.7 Å². The highest BCUT2D eigenvalue weighted by Crippen LogP contribution is 2.56. The topological polar surface area (TPSA) is 81.1 Å². The van der Waals surface area contributed by atoms with Gasteiger partial charge < -0.3 is 13.7 Å². The smallest absolute Gasteiger partial charge is 0.219 e. The van der Waals surface area contributed by atoms with E-state index in [0.29, 0.717) is 47.6 Å². The van der Waals surface area contributed by atoms with Crippen molar-refractivity contribution in [1.29, 1.82) is 0 Å². The average Bonchev–Trinajstić information content (AvgIpc) is 3.85. The predicted octanol–water partition coefficient (Wildman–Crippen LogP) is 9.26. The molecule has 12 unspecified atom stereocenters. The molecule has 0 radical (unpaired) electrons. The second-order valence-corrected chi connectivity index (χ2v) is 16.5. The van der Waals surface area contributed by atoms with E-state index in [1.165, 1.54) is 109 Å². The van der Waals surface area contributed by atoms with Crippen molar-refractivity contribution < 1.29 is 8.83 Å². The van der Waals surface area contributed by atoms with Crippen molar-refractivity contribution in [2.45, 2.75) is 164 Å². The minimum absolute atomic E-state index is 0.373. The molecule has 0 amide bonds. The van der Waals surface area contributed by atoms with Crippen LogP contribution < -0.4 is 0 Å². The maximum Gasteiger partial charge on any atom is 0.219 e. The summed E-state index contributed by atoms with van der Waals surface area (Å²) in [5.41, 5.74) is 0. The molecule has 7 heteroatoms. The van der Waals surface area contributed by atoms with Gasteiger partial charge in [0.15, 0.2) is 0 Å². The van der Waals surface area contributed by atoms with Gasteiger partial charge in [-0.3, -0.25) is 0 Å². The van der Waals surface area contributed by atoms with Crippen LogP contribution in [0.1, 0.15) is 176 Å². The lowest BCUT2D eigenvalue weighted by molar-refractivity contribution is 0.0901. The predicted molar refractivity (Wildman–Crippen MR) is 172 cm³/mol. The standard InChI is InChI=1S/C38H55N5O2/c1-2-43-33-17-8-7-15-28(33)32-22-24(18-21-34(32)43)35-39-40-37(44-35)30-19-20-31(27-14-6-5-13-26(27)30)38-42-41-36(45-38)29-16-9-11-23-10-3-4-12-25(23)29/h2,23-34H,1,3-22H2. The van der Waals surface area contributed by atoms with E-state index < -0.39 is 0 Å². The summed E-state index contributed by atoms with van der Waals surface area (Å²) < 4.78 is 13.4. The van der Waals surface area contributed by atoms with Gasteiger partial charge in [-0.2, -0.15) is 0 Å². The molecule has 0 spiro atoms. The number of fused-ring (bicyclic) bond motifs is 5. The summed E-state index contributed by atoms with van der Waals surface area (Å²) in [5, 5.41) is 19.2. The van der Waals surface area contributed by atoms with Crippen LogP contribution in [-0.4, -0.2) is 37.4 Å². The fraction of sp³-hybridized carbons (Fsp3) is 0.842. The molecule has 0 bridgehead atoms. The van der Waals surface area contributed by atoms with Crippen molar-refractivity contribution in [2.24, 2.45) is 35.5 Å². The third-order valence-corrected chi connectivity index (χ3v) is 14.7. The quantitative estimate of drug-likeness (QED) is 0.332. The lowest BCUT2D eigenvalue weighted by atomic mass is 9.61. The molecule has 3 heterocycles. The zero-order valence-electron chi connectivity index (χ0n) is 27.4. The molecule has 1 saturated heterocycles. The number of nitrogens with zero attached hydrogens (tertiary/aromatic N) is 5. The number of rotatable bonds is 5. The molecule has 2 aromatic rings. The van der Waals surface area contributed by atoms with E-state index in [9.17, 15) is 0 Å². The van der Waals surface area contributed by atoms with Gasteiger partial charge in [0, 0.05) is 35.8 Å². The monoisotopic (exact) mass is 613 g/mol. The first kappa shape index (κ1) is 29.0. The molecule has 2 aromatic heterocycles. The summed E-state index contributed by atoms with van der Waals surface area (Å²) in [6.07, 6.45) is 28.1. The van der Waals surface area contributed by atoms with Crippen LogP contribution in [-0.2, 0) is 0 Å². The van der Waals surface area contributed by atoms with Crippen molar-refractivity contribution in [3.8, 4) is 0 Å². The zero-order chi connectivity index (χ0) is 29.9. The fourth-order valence-electron chi connectivity index (χ4n) is 12.7. The highest BCUT2D eigenvalue weighted by Gasteiger charge is 2.51. The number of hydrogen-bond acceptors (Lipinski definition) is 7. The van der Waals surface area contributed by atoms with Crippen molar-refractivity contribution >= 4 is 0 Å². The van der Waals surface area contributed by atoms with Crippen LogP contribution in [0.25, 0.3) is 0 Å². The third kappa shape index (κ3) is 5.03. The minimum atomic E-state index is 0.373. The Bertz CT molecular complexity index is 1330. The minimum Gasteiger partial charge on any atom is -0.425 e. The largest absolute Gasteiger partial charge is 0.425 e. The van der Waals surface area contributed by atoms with Gasteiger partial charge in [-0.05, 0) is 112 Å².